The standard InChI is InChI=1S/C20H30ClN3O3.2ClH/c1-5-27-17-11-20(22,19(17,2)3)18(25)23-14-8-9-24(12-14)15-10-13(21)6-7-16(15)26-4;;/h6-7,10,14,17H,5,8-9,11-12,22H2,1-4H3,(H,23,25);2*1H. The summed E-state index contributed by atoms with van der Waals surface area (Å²) in [4.78, 5) is 15.1. The summed E-state index contributed by atoms with van der Waals surface area (Å²) in [5, 5.41) is 3.82. The van der Waals surface area contributed by atoms with Gasteiger partial charge in [-0.25, -0.2) is 0 Å². The molecule has 0 bridgehead atoms. The van der Waals surface area contributed by atoms with Crippen molar-refractivity contribution in [3.05, 3.63) is 23.2 Å². The van der Waals surface area contributed by atoms with Crippen LogP contribution in [-0.4, -0.2) is 50.4 Å². The van der Waals surface area contributed by atoms with Crippen molar-refractivity contribution in [2.45, 2.75) is 51.3 Å². The molecule has 1 aliphatic heterocycles. The van der Waals surface area contributed by atoms with Crippen LogP contribution in [0.15, 0.2) is 18.2 Å². The summed E-state index contributed by atoms with van der Waals surface area (Å²) >= 11 is 6.15. The van der Waals surface area contributed by atoms with Crippen LogP contribution < -0.4 is 20.7 Å². The highest BCUT2D eigenvalue weighted by Gasteiger charge is 2.63. The van der Waals surface area contributed by atoms with Crippen LogP contribution in [0.4, 0.5) is 5.69 Å². The number of amides is 1. The quantitative estimate of drug-likeness (QED) is 0.669. The lowest BCUT2D eigenvalue weighted by Gasteiger charge is -2.57. The molecule has 9 heteroatoms. The van der Waals surface area contributed by atoms with Gasteiger partial charge in [0.15, 0.2) is 0 Å². The molecule has 0 spiro atoms. The van der Waals surface area contributed by atoms with E-state index >= 15 is 0 Å². The number of halogens is 3. The molecular weight excluding hydrogens is 437 g/mol. The largest absolute Gasteiger partial charge is 0.495 e. The summed E-state index contributed by atoms with van der Waals surface area (Å²) in [6, 6.07) is 5.62. The molecule has 3 N–H and O–H groups in total. The van der Waals surface area contributed by atoms with Gasteiger partial charge in [0.1, 0.15) is 11.3 Å². The van der Waals surface area contributed by atoms with Crippen LogP contribution in [0.5, 0.6) is 5.75 Å². The molecule has 1 saturated carbocycles. The van der Waals surface area contributed by atoms with E-state index in [0.29, 0.717) is 24.6 Å². The smallest absolute Gasteiger partial charge is 0.241 e. The fourth-order valence-corrected chi connectivity index (χ4v) is 4.31. The van der Waals surface area contributed by atoms with Crippen LogP contribution in [-0.2, 0) is 9.53 Å². The van der Waals surface area contributed by atoms with Gasteiger partial charge in [0, 0.05) is 42.6 Å². The Morgan fingerprint density at radius 2 is 2.07 bits per heavy atom. The first-order chi connectivity index (χ1) is 12.7. The first kappa shape index (κ1) is 26.1. The second-order valence-electron chi connectivity index (χ2n) is 8.06. The predicted octanol–water partition coefficient (Wildman–Crippen LogP) is 3.42. The first-order valence-corrected chi connectivity index (χ1v) is 9.90. The SMILES string of the molecule is CCOC1CC(N)(C(=O)NC2CCN(c3cc(Cl)ccc3OC)C2)C1(C)C.Cl.Cl. The molecule has 3 atom stereocenters. The van der Waals surface area contributed by atoms with Gasteiger partial charge >= 0.3 is 0 Å². The number of nitrogens with one attached hydrogen (secondary N) is 1. The van der Waals surface area contributed by atoms with Crippen molar-refractivity contribution in [2.24, 2.45) is 11.1 Å². The van der Waals surface area contributed by atoms with Crippen molar-refractivity contribution in [1.29, 1.82) is 0 Å². The Balaban J connectivity index is 0.00000210. The number of carbonyl (C=O) groups is 1. The summed E-state index contributed by atoms with van der Waals surface area (Å²) in [5.41, 5.74) is 6.16. The minimum atomic E-state index is -0.895. The second-order valence-corrected chi connectivity index (χ2v) is 8.50. The fourth-order valence-electron chi connectivity index (χ4n) is 4.14. The first-order valence-electron chi connectivity index (χ1n) is 9.53. The molecular formula is C20H32Cl3N3O3. The summed E-state index contributed by atoms with van der Waals surface area (Å²) in [6.07, 6.45) is 1.43. The Hall–Kier alpha value is -0.920. The van der Waals surface area contributed by atoms with E-state index < -0.39 is 5.54 Å². The molecule has 1 aromatic carbocycles. The van der Waals surface area contributed by atoms with E-state index in [1.807, 2.05) is 39.0 Å². The highest BCUT2D eigenvalue weighted by atomic mass is 35.5. The highest BCUT2D eigenvalue weighted by molar-refractivity contribution is 6.30. The normalized spacial score (nSPS) is 27.3. The third-order valence-corrected chi connectivity index (χ3v) is 6.48. The molecule has 2 aliphatic rings. The number of ether oxygens (including phenoxy) is 2. The number of hydrogen-bond acceptors (Lipinski definition) is 5. The molecule has 0 radical (unpaired) electrons. The zero-order valence-corrected chi connectivity index (χ0v) is 19.8. The number of nitrogens with zero attached hydrogens (tertiary/aromatic N) is 1. The van der Waals surface area contributed by atoms with Crippen molar-refractivity contribution < 1.29 is 14.3 Å². The highest BCUT2D eigenvalue weighted by Crippen LogP contribution is 2.50. The number of hydrogen-bond donors (Lipinski definition) is 2. The van der Waals surface area contributed by atoms with Crippen molar-refractivity contribution in [2.75, 3.05) is 31.7 Å². The molecule has 1 amide bonds. The molecule has 1 saturated heterocycles. The molecule has 29 heavy (non-hydrogen) atoms. The predicted molar refractivity (Wildman–Crippen MR) is 122 cm³/mol. The van der Waals surface area contributed by atoms with Crippen LogP contribution in [0.3, 0.4) is 0 Å². The van der Waals surface area contributed by atoms with Crippen LogP contribution in [0, 0.1) is 5.41 Å². The number of methoxy groups -OCH3 is 1. The Kier molecular flexibility index (Phi) is 8.94. The average molecular weight is 469 g/mol. The summed E-state index contributed by atoms with van der Waals surface area (Å²) in [5.74, 6) is 0.690. The average Bonchev–Trinajstić information content (AvgIpc) is 3.09. The van der Waals surface area contributed by atoms with E-state index in [1.54, 1.807) is 7.11 Å². The van der Waals surface area contributed by atoms with Crippen LogP contribution >= 0.6 is 36.4 Å². The Morgan fingerprint density at radius 3 is 2.66 bits per heavy atom. The summed E-state index contributed by atoms with van der Waals surface area (Å²) in [7, 11) is 1.65. The number of carbonyl (C=O) groups excluding carboxylic acids is 1. The van der Waals surface area contributed by atoms with Crippen molar-refractivity contribution in [1.82, 2.24) is 5.32 Å². The maximum absolute atomic E-state index is 12.9. The van der Waals surface area contributed by atoms with Crippen LogP contribution in [0.1, 0.15) is 33.6 Å². The molecule has 3 rings (SSSR count). The molecule has 166 valence electrons. The van der Waals surface area contributed by atoms with Gasteiger partial charge in [-0.2, -0.15) is 0 Å². The maximum atomic E-state index is 12.9. The van der Waals surface area contributed by atoms with Gasteiger partial charge < -0.3 is 25.4 Å². The Bertz CT molecular complexity index is 719. The lowest BCUT2D eigenvalue weighted by Crippen LogP contribution is -2.76. The monoisotopic (exact) mass is 467 g/mol. The van der Waals surface area contributed by atoms with Crippen molar-refractivity contribution in [3.8, 4) is 5.75 Å². The number of rotatable bonds is 6. The molecule has 0 aromatic heterocycles. The molecule has 2 fully saturated rings. The van der Waals surface area contributed by atoms with E-state index in [0.717, 1.165) is 24.4 Å². The van der Waals surface area contributed by atoms with Crippen molar-refractivity contribution in [3.63, 3.8) is 0 Å². The molecule has 3 unspecified atom stereocenters. The van der Waals surface area contributed by atoms with Gasteiger partial charge in [-0.05, 0) is 31.5 Å². The van der Waals surface area contributed by atoms with Gasteiger partial charge in [0.25, 0.3) is 0 Å². The lowest BCUT2D eigenvalue weighted by atomic mass is 9.54. The number of benzene rings is 1. The summed E-state index contributed by atoms with van der Waals surface area (Å²) in [6.45, 7) is 8.13. The Morgan fingerprint density at radius 1 is 1.38 bits per heavy atom. The van der Waals surface area contributed by atoms with Gasteiger partial charge in [-0.15, -0.1) is 24.8 Å². The topological polar surface area (TPSA) is 76.8 Å². The van der Waals surface area contributed by atoms with Gasteiger partial charge in [0.05, 0.1) is 18.9 Å². The Labute approximate surface area is 190 Å². The van der Waals surface area contributed by atoms with E-state index in [2.05, 4.69) is 10.2 Å². The van der Waals surface area contributed by atoms with E-state index in [1.165, 1.54) is 0 Å². The lowest BCUT2D eigenvalue weighted by molar-refractivity contribution is -0.171. The minimum Gasteiger partial charge on any atom is -0.495 e. The van der Waals surface area contributed by atoms with Crippen molar-refractivity contribution >= 4 is 48.0 Å². The van der Waals surface area contributed by atoms with E-state index in [4.69, 9.17) is 26.8 Å². The zero-order chi connectivity index (χ0) is 19.8. The second kappa shape index (κ2) is 9.92. The molecule has 1 heterocycles. The summed E-state index contributed by atoms with van der Waals surface area (Å²) < 4.78 is 11.2. The minimum absolute atomic E-state index is 0. The molecule has 6 nitrogen and oxygen atoms in total. The van der Waals surface area contributed by atoms with E-state index in [9.17, 15) is 4.79 Å². The number of nitrogens with two attached hydrogens (primary N) is 1. The molecule has 1 aliphatic carbocycles. The van der Waals surface area contributed by atoms with E-state index in [-0.39, 0.29) is 48.3 Å². The van der Waals surface area contributed by atoms with Gasteiger partial charge in [-0.3, -0.25) is 4.79 Å². The van der Waals surface area contributed by atoms with Crippen LogP contribution in [0.2, 0.25) is 5.02 Å². The molecule has 1 aromatic rings. The maximum Gasteiger partial charge on any atom is 0.241 e. The zero-order valence-electron chi connectivity index (χ0n) is 17.4. The third-order valence-electron chi connectivity index (χ3n) is 6.24. The van der Waals surface area contributed by atoms with Gasteiger partial charge in [0.2, 0.25) is 5.91 Å². The fraction of sp³-hybridized carbons (Fsp3) is 0.650. The van der Waals surface area contributed by atoms with Gasteiger partial charge in [-0.1, -0.05) is 25.4 Å². The number of anilines is 1. The third kappa shape index (κ3) is 4.72. The van der Waals surface area contributed by atoms with Crippen LogP contribution in [0.25, 0.3) is 0 Å².